The highest BCUT2D eigenvalue weighted by molar-refractivity contribution is 7.25. The van der Waals surface area contributed by atoms with E-state index in [0.717, 1.165) is 17.1 Å². The summed E-state index contributed by atoms with van der Waals surface area (Å²) >= 11 is 1.86. The van der Waals surface area contributed by atoms with Gasteiger partial charge in [-0.05, 0) is 140 Å². The first-order valence-electron chi connectivity index (χ1n) is 21.1. The number of thiophene rings is 1. The lowest BCUT2D eigenvalue weighted by molar-refractivity contribution is 1.28. The van der Waals surface area contributed by atoms with Gasteiger partial charge in [0.1, 0.15) is 0 Å². The monoisotopic (exact) mass is 807 g/mol. The number of hydrogen-bond donors (Lipinski definition) is 0. The van der Waals surface area contributed by atoms with Gasteiger partial charge in [-0.2, -0.15) is 0 Å². The summed E-state index contributed by atoms with van der Waals surface area (Å²) in [6.07, 6.45) is 0. The van der Waals surface area contributed by atoms with E-state index in [1.54, 1.807) is 0 Å². The van der Waals surface area contributed by atoms with E-state index >= 15 is 0 Å². The molecule has 0 aliphatic rings. The summed E-state index contributed by atoms with van der Waals surface area (Å²) < 4.78 is 2.65. The molecule has 0 saturated heterocycles. The Morgan fingerprint density at radius 3 is 0.968 bits per heavy atom. The van der Waals surface area contributed by atoms with Crippen LogP contribution in [0.4, 0.5) is 17.1 Å². The third-order valence-corrected chi connectivity index (χ3v) is 13.0. The van der Waals surface area contributed by atoms with Crippen molar-refractivity contribution >= 4 is 48.6 Å². The van der Waals surface area contributed by atoms with E-state index in [1.165, 1.54) is 86.9 Å². The molecule has 0 fully saturated rings. The number of hydrogen-bond acceptors (Lipinski definition) is 2. The molecule has 0 saturated carbocycles. The minimum atomic E-state index is 1.09. The van der Waals surface area contributed by atoms with Gasteiger partial charge < -0.3 is 4.90 Å². The Balaban J connectivity index is 0.959. The van der Waals surface area contributed by atoms with Gasteiger partial charge in [0, 0.05) is 37.2 Å². The zero-order chi connectivity index (χ0) is 41.2. The molecular formula is C60H41NS. The molecule has 11 rings (SSSR count). The van der Waals surface area contributed by atoms with Gasteiger partial charge in [-0.25, -0.2) is 0 Å². The molecule has 1 nitrogen and oxygen atoms in total. The van der Waals surface area contributed by atoms with Gasteiger partial charge in [0.2, 0.25) is 0 Å². The molecule has 0 spiro atoms. The first-order valence-corrected chi connectivity index (χ1v) is 22.0. The summed E-state index contributed by atoms with van der Waals surface area (Å²) in [6.45, 7) is 0. The molecule has 0 aliphatic carbocycles. The van der Waals surface area contributed by atoms with E-state index in [1.807, 2.05) is 11.3 Å². The van der Waals surface area contributed by atoms with Gasteiger partial charge in [0.15, 0.2) is 0 Å². The molecule has 62 heavy (non-hydrogen) atoms. The lowest BCUT2D eigenvalue weighted by Crippen LogP contribution is -2.09. The zero-order valence-electron chi connectivity index (χ0n) is 34.0. The third-order valence-electron chi connectivity index (χ3n) is 11.9. The van der Waals surface area contributed by atoms with Crippen LogP contribution in [0.5, 0.6) is 0 Å². The van der Waals surface area contributed by atoms with Gasteiger partial charge in [-0.15, -0.1) is 11.3 Å². The van der Waals surface area contributed by atoms with Crippen LogP contribution in [0.2, 0.25) is 0 Å². The van der Waals surface area contributed by atoms with E-state index in [9.17, 15) is 0 Å². The van der Waals surface area contributed by atoms with E-state index < -0.39 is 0 Å². The van der Waals surface area contributed by atoms with Crippen LogP contribution in [0.3, 0.4) is 0 Å². The molecule has 0 amide bonds. The second kappa shape index (κ2) is 16.3. The predicted molar refractivity (Wildman–Crippen MR) is 267 cm³/mol. The summed E-state index contributed by atoms with van der Waals surface area (Å²) in [5, 5.41) is 2.63. The van der Waals surface area contributed by atoms with Crippen LogP contribution in [0.15, 0.2) is 249 Å². The summed E-state index contributed by atoms with van der Waals surface area (Å²) in [5.74, 6) is 0. The topological polar surface area (TPSA) is 3.24 Å². The molecule has 292 valence electrons. The lowest BCUT2D eigenvalue weighted by atomic mass is 9.93. The van der Waals surface area contributed by atoms with Crippen LogP contribution in [0.1, 0.15) is 0 Å². The molecule has 0 aliphatic heterocycles. The average molecular weight is 808 g/mol. The molecule has 0 atom stereocenters. The van der Waals surface area contributed by atoms with Crippen LogP contribution >= 0.6 is 11.3 Å². The number of anilines is 3. The quantitative estimate of drug-likeness (QED) is 0.140. The third kappa shape index (κ3) is 7.38. The van der Waals surface area contributed by atoms with Crippen molar-refractivity contribution in [3.63, 3.8) is 0 Å². The molecular weight excluding hydrogens is 767 g/mol. The van der Waals surface area contributed by atoms with E-state index in [2.05, 4.69) is 254 Å². The van der Waals surface area contributed by atoms with E-state index in [0.29, 0.717) is 0 Å². The Kier molecular flexibility index (Phi) is 9.82. The van der Waals surface area contributed by atoms with Crippen molar-refractivity contribution in [1.82, 2.24) is 0 Å². The van der Waals surface area contributed by atoms with Crippen LogP contribution in [0, 0.1) is 0 Å². The lowest BCUT2D eigenvalue weighted by Gasteiger charge is -2.26. The number of nitrogens with zero attached hydrogens (tertiary/aromatic N) is 1. The van der Waals surface area contributed by atoms with Crippen molar-refractivity contribution in [2.45, 2.75) is 0 Å². The normalized spacial score (nSPS) is 11.2. The Hall–Kier alpha value is -7.78. The summed E-state index contributed by atoms with van der Waals surface area (Å²) in [4.78, 5) is 2.36. The fourth-order valence-electron chi connectivity index (χ4n) is 8.64. The van der Waals surface area contributed by atoms with Crippen LogP contribution in [-0.4, -0.2) is 0 Å². The van der Waals surface area contributed by atoms with Crippen molar-refractivity contribution in [2.24, 2.45) is 0 Å². The summed E-state index contributed by atoms with van der Waals surface area (Å²) in [6, 6.07) is 90.3. The average Bonchev–Trinajstić information content (AvgIpc) is 3.74. The highest BCUT2D eigenvalue weighted by atomic mass is 32.1. The molecule has 2 heteroatoms. The predicted octanol–water partition coefficient (Wildman–Crippen LogP) is 17.5. The molecule has 1 heterocycles. The maximum atomic E-state index is 2.36. The van der Waals surface area contributed by atoms with Gasteiger partial charge >= 0.3 is 0 Å². The fourth-order valence-corrected chi connectivity index (χ4v) is 9.72. The highest BCUT2D eigenvalue weighted by Gasteiger charge is 2.16. The van der Waals surface area contributed by atoms with Crippen molar-refractivity contribution in [3.05, 3.63) is 249 Å². The van der Waals surface area contributed by atoms with Crippen molar-refractivity contribution < 1.29 is 0 Å². The number of fused-ring (bicyclic) bond motifs is 3. The van der Waals surface area contributed by atoms with Crippen LogP contribution in [-0.2, 0) is 0 Å². The zero-order valence-corrected chi connectivity index (χ0v) is 34.8. The molecule has 0 bridgehead atoms. The van der Waals surface area contributed by atoms with Crippen LogP contribution < -0.4 is 4.90 Å². The largest absolute Gasteiger partial charge is 0.311 e. The molecule has 0 N–H and O–H groups in total. The Morgan fingerprint density at radius 1 is 0.210 bits per heavy atom. The Bertz CT molecular complexity index is 3220. The first kappa shape index (κ1) is 37.2. The van der Waals surface area contributed by atoms with Crippen molar-refractivity contribution in [2.75, 3.05) is 4.90 Å². The molecule has 0 radical (unpaired) electrons. The summed E-state index contributed by atoms with van der Waals surface area (Å²) in [5.41, 5.74) is 17.7. The molecule has 0 unspecified atom stereocenters. The highest BCUT2D eigenvalue weighted by Crippen LogP contribution is 2.41. The molecule has 10 aromatic carbocycles. The van der Waals surface area contributed by atoms with Crippen molar-refractivity contribution in [3.8, 4) is 66.8 Å². The van der Waals surface area contributed by atoms with Crippen LogP contribution in [0.25, 0.3) is 86.9 Å². The van der Waals surface area contributed by atoms with Gasteiger partial charge in [0.25, 0.3) is 0 Å². The second-order valence-corrected chi connectivity index (χ2v) is 16.8. The first-order chi connectivity index (χ1) is 30.7. The van der Waals surface area contributed by atoms with E-state index in [-0.39, 0.29) is 0 Å². The number of rotatable bonds is 9. The number of benzene rings is 10. The fraction of sp³-hybridized carbons (Fsp3) is 0. The SMILES string of the molecule is c1ccc(-c2ccc(-c3ccc(N(c4ccc(-c5cc(-c6ccccc6)cc(-c6ccccc6)c5)cc4)c4ccc(-c5ccc6sc7ccccc7c6c5)cc4)cc3)cc2)cc1. The Labute approximate surface area is 367 Å². The maximum absolute atomic E-state index is 2.36. The minimum Gasteiger partial charge on any atom is -0.311 e. The molecule has 11 aromatic rings. The standard InChI is InChI=1S/C60H41NS/c1-4-12-42(13-5-1)45-20-22-46(23-21-45)47-24-31-54(32-25-47)61(55-33-26-48(27-34-55)50-30-37-60-58(41-50)57-18-10-11-19-59(57)62-60)56-35-28-49(29-36-56)53-39-51(43-14-6-2-7-15-43)38-52(40-53)44-16-8-3-9-17-44/h1-41H. The van der Waals surface area contributed by atoms with Gasteiger partial charge in [-0.3, -0.25) is 0 Å². The van der Waals surface area contributed by atoms with Gasteiger partial charge in [0.05, 0.1) is 0 Å². The van der Waals surface area contributed by atoms with Crippen molar-refractivity contribution in [1.29, 1.82) is 0 Å². The minimum absolute atomic E-state index is 1.09. The maximum Gasteiger partial charge on any atom is 0.0462 e. The smallest absolute Gasteiger partial charge is 0.0462 e. The van der Waals surface area contributed by atoms with Gasteiger partial charge in [-0.1, -0.05) is 176 Å². The van der Waals surface area contributed by atoms with E-state index in [4.69, 9.17) is 0 Å². The second-order valence-electron chi connectivity index (χ2n) is 15.8. The Morgan fingerprint density at radius 2 is 0.516 bits per heavy atom. The summed E-state index contributed by atoms with van der Waals surface area (Å²) in [7, 11) is 0. The molecule has 1 aromatic heterocycles.